The molecule has 0 amide bonds. The molecule has 0 aliphatic rings. The Balaban J connectivity index is 1.82. The quantitative estimate of drug-likeness (QED) is 0.757. The van der Waals surface area contributed by atoms with Gasteiger partial charge in [-0.3, -0.25) is 4.98 Å². The van der Waals surface area contributed by atoms with Crippen molar-refractivity contribution in [3.8, 4) is 11.3 Å². The molecule has 0 saturated heterocycles. The van der Waals surface area contributed by atoms with Crippen molar-refractivity contribution in [2.75, 3.05) is 17.7 Å². The molecule has 0 saturated carbocycles. The van der Waals surface area contributed by atoms with Crippen molar-refractivity contribution in [1.82, 2.24) is 15.0 Å². The Labute approximate surface area is 133 Å². The van der Waals surface area contributed by atoms with Crippen molar-refractivity contribution in [2.45, 2.75) is 6.54 Å². The summed E-state index contributed by atoms with van der Waals surface area (Å²) in [6.07, 6.45) is 3.45. The van der Waals surface area contributed by atoms with Gasteiger partial charge in [0, 0.05) is 37.6 Å². The highest BCUT2D eigenvalue weighted by Gasteiger charge is 2.06. The van der Waals surface area contributed by atoms with E-state index in [2.05, 4.69) is 25.6 Å². The summed E-state index contributed by atoms with van der Waals surface area (Å²) in [6, 6.07) is 12.0. The minimum absolute atomic E-state index is 0.242. The molecule has 0 bridgehead atoms. The van der Waals surface area contributed by atoms with Crippen molar-refractivity contribution in [3.63, 3.8) is 0 Å². The van der Waals surface area contributed by atoms with Gasteiger partial charge in [0.05, 0.1) is 5.69 Å². The van der Waals surface area contributed by atoms with Gasteiger partial charge in [-0.2, -0.15) is 4.98 Å². The van der Waals surface area contributed by atoms with E-state index < -0.39 is 0 Å². The summed E-state index contributed by atoms with van der Waals surface area (Å²) in [6.45, 7) is 0.552. The van der Waals surface area contributed by atoms with Crippen LogP contribution in [0.2, 0.25) is 0 Å². The first-order chi connectivity index (χ1) is 11.2. The van der Waals surface area contributed by atoms with Gasteiger partial charge in [0.25, 0.3) is 0 Å². The molecule has 1 aromatic carbocycles. The molecule has 2 aromatic heterocycles. The molecule has 3 aromatic rings. The third-order valence-corrected chi connectivity index (χ3v) is 3.31. The number of anilines is 2. The van der Waals surface area contributed by atoms with E-state index in [1.165, 1.54) is 12.1 Å². The Kier molecular flexibility index (Phi) is 4.42. The second-order valence-corrected chi connectivity index (χ2v) is 4.93. The number of nitrogens with zero attached hydrogens (tertiary/aromatic N) is 3. The SMILES string of the molecule is CNc1nc(NCc2ccc(F)cc2)cc(-c2ccncc2)n1. The minimum atomic E-state index is -0.242. The van der Waals surface area contributed by atoms with Crippen LogP contribution >= 0.6 is 0 Å². The highest BCUT2D eigenvalue weighted by molar-refractivity contribution is 5.63. The zero-order chi connectivity index (χ0) is 16.1. The predicted molar refractivity (Wildman–Crippen MR) is 88.5 cm³/mol. The van der Waals surface area contributed by atoms with Crippen LogP contribution in [0.3, 0.4) is 0 Å². The number of hydrogen-bond acceptors (Lipinski definition) is 5. The fraction of sp³-hybridized carbons (Fsp3) is 0.118. The number of halogens is 1. The fourth-order valence-corrected chi connectivity index (χ4v) is 2.12. The first-order valence-corrected chi connectivity index (χ1v) is 7.20. The Hall–Kier alpha value is -3.02. The van der Waals surface area contributed by atoms with E-state index in [0.29, 0.717) is 18.3 Å². The number of aromatic nitrogens is 3. The van der Waals surface area contributed by atoms with E-state index in [0.717, 1.165) is 16.8 Å². The van der Waals surface area contributed by atoms with Crippen LogP contribution in [0.5, 0.6) is 0 Å². The van der Waals surface area contributed by atoms with Crippen LogP contribution in [0.1, 0.15) is 5.56 Å². The summed E-state index contributed by atoms with van der Waals surface area (Å²) in [4.78, 5) is 12.8. The van der Waals surface area contributed by atoms with E-state index in [1.807, 2.05) is 18.2 Å². The van der Waals surface area contributed by atoms with Crippen LogP contribution in [0.25, 0.3) is 11.3 Å². The number of pyridine rings is 1. The zero-order valence-electron chi connectivity index (χ0n) is 12.6. The van der Waals surface area contributed by atoms with Gasteiger partial charge in [0.15, 0.2) is 0 Å². The Morgan fingerprint density at radius 2 is 1.74 bits per heavy atom. The first kappa shape index (κ1) is 14.9. The highest BCUT2D eigenvalue weighted by atomic mass is 19.1. The lowest BCUT2D eigenvalue weighted by Gasteiger charge is -2.10. The van der Waals surface area contributed by atoms with E-state index >= 15 is 0 Å². The second kappa shape index (κ2) is 6.83. The zero-order valence-corrected chi connectivity index (χ0v) is 12.6. The molecular formula is C17H16FN5. The summed E-state index contributed by atoms with van der Waals surface area (Å²) in [5.74, 6) is 0.981. The average Bonchev–Trinajstić information content (AvgIpc) is 2.61. The molecule has 0 atom stereocenters. The molecule has 5 nitrogen and oxygen atoms in total. The predicted octanol–water partition coefficient (Wildman–Crippen LogP) is 3.33. The molecular weight excluding hydrogens is 293 g/mol. The molecule has 2 N–H and O–H groups in total. The smallest absolute Gasteiger partial charge is 0.224 e. The third-order valence-electron chi connectivity index (χ3n) is 3.31. The number of nitrogens with one attached hydrogen (secondary N) is 2. The summed E-state index contributed by atoms with van der Waals surface area (Å²) >= 11 is 0. The monoisotopic (exact) mass is 309 g/mol. The Morgan fingerprint density at radius 1 is 1.00 bits per heavy atom. The molecule has 23 heavy (non-hydrogen) atoms. The maximum absolute atomic E-state index is 12.9. The van der Waals surface area contributed by atoms with Gasteiger partial charge in [-0.05, 0) is 29.8 Å². The van der Waals surface area contributed by atoms with Gasteiger partial charge >= 0.3 is 0 Å². The lowest BCUT2D eigenvalue weighted by atomic mass is 10.2. The van der Waals surface area contributed by atoms with Gasteiger partial charge < -0.3 is 10.6 Å². The van der Waals surface area contributed by atoms with Crippen LogP contribution in [0.4, 0.5) is 16.2 Å². The Morgan fingerprint density at radius 3 is 2.43 bits per heavy atom. The molecule has 3 rings (SSSR count). The van der Waals surface area contributed by atoms with Crippen molar-refractivity contribution in [2.24, 2.45) is 0 Å². The Bertz CT molecular complexity index is 775. The number of benzene rings is 1. The normalized spacial score (nSPS) is 10.3. The van der Waals surface area contributed by atoms with Crippen molar-refractivity contribution >= 4 is 11.8 Å². The second-order valence-electron chi connectivity index (χ2n) is 4.93. The number of hydrogen-bond donors (Lipinski definition) is 2. The summed E-state index contributed by atoms with van der Waals surface area (Å²) in [5.41, 5.74) is 2.73. The fourth-order valence-electron chi connectivity index (χ4n) is 2.12. The van der Waals surface area contributed by atoms with Crippen LogP contribution < -0.4 is 10.6 Å². The number of rotatable bonds is 5. The highest BCUT2D eigenvalue weighted by Crippen LogP contribution is 2.21. The molecule has 6 heteroatoms. The van der Waals surface area contributed by atoms with Crippen LogP contribution in [0, 0.1) is 5.82 Å². The van der Waals surface area contributed by atoms with Crippen LogP contribution in [-0.4, -0.2) is 22.0 Å². The third kappa shape index (κ3) is 3.79. The standard InChI is InChI=1S/C17H16FN5/c1-19-17-22-15(13-6-8-20-9-7-13)10-16(23-17)21-11-12-2-4-14(18)5-3-12/h2-10H,11H2,1H3,(H2,19,21,22,23). The van der Waals surface area contributed by atoms with Gasteiger partial charge in [0.1, 0.15) is 11.6 Å². The molecule has 0 fully saturated rings. The minimum Gasteiger partial charge on any atom is -0.366 e. The molecule has 0 radical (unpaired) electrons. The van der Waals surface area contributed by atoms with E-state index in [4.69, 9.17) is 0 Å². The first-order valence-electron chi connectivity index (χ1n) is 7.20. The van der Waals surface area contributed by atoms with Gasteiger partial charge in [0.2, 0.25) is 5.95 Å². The molecule has 116 valence electrons. The maximum Gasteiger partial charge on any atom is 0.224 e. The van der Waals surface area contributed by atoms with E-state index in [-0.39, 0.29) is 5.82 Å². The van der Waals surface area contributed by atoms with E-state index in [9.17, 15) is 4.39 Å². The van der Waals surface area contributed by atoms with Gasteiger partial charge in [-0.15, -0.1) is 0 Å². The molecule has 0 aliphatic carbocycles. The maximum atomic E-state index is 12.9. The summed E-state index contributed by atoms with van der Waals surface area (Å²) < 4.78 is 12.9. The van der Waals surface area contributed by atoms with Gasteiger partial charge in [-0.25, -0.2) is 9.37 Å². The largest absolute Gasteiger partial charge is 0.366 e. The lowest BCUT2D eigenvalue weighted by Crippen LogP contribution is -2.05. The van der Waals surface area contributed by atoms with Crippen LogP contribution in [-0.2, 0) is 6.54 Å². The molecule has 0 spiro atoms. The molecule has 2 heterocycles. The summed E-state index contributed by atoms with van der Waals surface area (Å²) in [7, 11) is 1.77. The molecule has 0 aliphatic heterocycles. The summed E-state index contributed by atoms with van der Waals surface area (Å²) in [5, 5.41) is 6.19. The lowest BCUT2D eigenvalue weighted by molar-refractivity contribution is 0.627. The van der Waals surface area contributed by atoms with Crippen molar-refractivity contribution < 1.29 is 4.39 Å². The van der Waals surface area contributed by atoms with Crippen molar-refractivity contribution in [3.05, 3.63) is 66.2 Å². The van der Waals surface area contributed by atoms with Crippen molar-refractivity contribution in [1.29, 1.82) is 0 Å². The molecule has 0 unspecified atom stereocenters. The van der Waals surface area contributed by atoms with Gasteiger partial charge in [-0.1, -0.05) is 12.1 Å². The van der Waals surface area contributed by atoms with E-state index in [1.54, 1.807) is 31.6 Å². The average molecular weight is 309 g/mol. The van der Waals surface area contributed by atoms with Crippen LogP contribution in [0.15, 0.2) is 54.9 Å². The topological polar surface area (TPSA) is 62.7 Å².